The van der Waals surface area contributed by atoms with Crippen LogP contribution in [0.25, 0.3) is 0 Å². The molecular formula is C13H18N4O. The lowest BCUT2D eigenvalue weighted by atomic mass is 10.1. The molecule has 2 amide bonds. The number of benzene rings is 1. The Hall–Kier alpha value is -2.06. The van der Waals surface area contributed by atoms with Gasteiger partial charge in [-0.2, -0.15) is 5.26 Å². The number of carbonyl (C=O) groups excluding carboxylic acids is 1. The third-order valence-electron chi connectivity index (χ3n) is 2.62. The molecule has 1 aromatic carbocycles. The van der Waals surface area contributed by atoms with Gasteiger partial charge >= 0.3 is 6.03 Å². The second-order valence-electron chi connectivity index (χ2n) is 4.38. The van der Waals surface area contributed by atoms with Crippen LogP contribution in [-0.2, 0) is 0 Å². The van der Waals surface area contributed by atoms with Gasteiger partial charge in [-0.15, -0.1) is 0 Å². The first kappa shape index (κ1) is 14.0. The molecular weight excluding hydrogens is 228 g/mol. The van der Waals surface area contributed by atoms with E-state index in [9.17, 15) is 4.79 Å². The number of nitrogens with zero attached hydrogens (tertiary/aromatic N) is 1. The van der Waals surface area contributed by atoms with Crippen molar-refractivity contribution in [3.8, 4) is 6.07 Å². The van der Waals surface area contributed by atoms with E-state index >= 15 is 0 Å². The zero-order valence-electron chi connectivity index (χ0n) is 10.6. The molecule has 1 atom stereocenters. The summed E-state index contributed by atoms with van der Waals surface area (Å²) in [4.78, 5) is 11.7. The van der Waals surface area contributed by atoms with Crippen molar-refractivity contribution in [2.24, 2.45) is 11.7 Å². The van der Waals surface area contributed by atoms with Crippen LogP contribution in [0.15, 0.2) is 24.3 Å². The topological polar surface area (TPSA) is 90.9 Å². The van der Waals surface area contributed by atoms with Gasteiger partial charge in [-0.25, -0.2) is 4.79 Å². The van der Waals surface area contributed by atoms with Crippen molar-refractivity contribution in [2.45, 2.75) is 19.9 Å². The van der Waals surface area contributed by atoms with Gasteiger partial charge in [0.15, 0.2) is 0 Å². The number of urea groups is 1. The van der Waals surface area contributed by atoms with E-state index in [2.05, 4.69) is 10.6 Å². The van der Waals surface area contributed by atoms with Crippen LogP contribution in [0.4, 0.5) is 10.5 Å². The molecule has 1 aromatic rings. The molecule has 0 saturated heterocycles. The number of amides is 2. The quantitative estimate of drug-likeness (QED) is 0.754. The standard InChI is InChI=1S/C13H18N4O/c1-9(2)12(8-15)17-13(18)16-11-5-3-4-10(6-11)7-14/h3-6,9,12H,8,15H2,1-2H3,(H2,16,17,18). The van der Waals surface area contributed by atoms with Gasteiger partial charge in [0.25, 0.3) is 0 Å². The van der Waals surface area contributed by atoms with E-state index in [-0.39, 0.29) is 18.0 Å². The summed E-state index contributed by atoms with van der Waals surface area (Å²) in [6.07, 6.45) is 0. The first-order valence-corrected chi connectivity index (χ1v) is 5.84. The first-order chi connectivity index (χ1) is 8.56. The normalized spacial score (nSPS) is 11.7. The zero-order valence-corrected chi connectivity index (χ0v) is 10.6. The minimum absolute atomic E-state index is 0.0656. The summed E-state index contributed by atoms with van der Waals surface area (Å²) in [7, 11) is 0. The maximum Gasteiger partial charge on any atom is 0.319 e. The third kappa shape index (κ3) is 4.07. The molecule has 96 valence electrons. The van der Waals surface area contributed by atoms with E-state index in [4.69, 9.17) is 11.0 Å². The third-order valence-corrected chi connectivity index (χ3v) is 2.62. The number of rotatable bonds is 4. The monoisotopic (exact) mass is 246 g/mol. The van der Waals surface area contributed by atoms with Crippen molar-refractivity contribution in [3.63, 3.8) is 0 Å². The van der Waals surface area contributed by atoms with E-state index in [1.807, 2.05) is 19.9 Å². The van der Waals surface area contributed by atoms with Crippen LogP contribution in [0.1, 0.15) is 19.4 Å². The summed E-state index contributed by atoms with van der Waals surface area (Å²) in [5.41, 5.74) is 6.67. The van der Waals surface area contributed by atoms with Gasteiger partial charge in [0, 0.05) is 18.3 Å². The van der Waals surface area contributed by atoms with Crippen molar-refractivity contribution >= 4 is 11.7 Å². The van der Waals surface area contributed by atoms with Crippen molar-refractivity contribution in [3.05, 3.63) is 29.8 Å². The van der Waals surface area contributed by atoms with E-state index < -0.39 is 0 Å². The molecule has 5 heteroatoms. The summed E-state index contributed by atoms with van der Waals surface area (Å²) in [6, 6.07) is 8.39. The van der Waals surface area contributed by atoms with E-state index in [1.54, 1.807) is 24.3 Å². The first-order valence-electron chi connectivity index (χ1n) is 5.84. The fraction of sp³-hybridized carbons (Fsp3) is 0.385. The van der Waals surface area contributed by atoms with Crippen molar-refractivity contribution < 1.29 is 4.79 Å². The molecule has 1 rings (SSSR count). The number of hydrogen-bond acceptors (Lipinski definition) is 3. The summed E-state index contributed by atoms with van der Waals surface area (Å²) in [6.45, 7) is 4.38. The van der Waals surface area contributed by atoms with Crippen LogP contribution in [0.2, 0.25) is 0 Å². The molecule has 4 N–H and O–H groups in total. The van der Waals surface area contributed by atoms with Crippen LogP contribution in [0.3, 0.4) is 0 Å². The van der Waals surface area contributed by atoms with E-state index in [0.717, 1.165) is 0 Å². The maximum atomic E-state index is 11.7. The molecule has 0 saturated carbocycles. The molecule has 0 aromatic heterocycles. The highest BCUT2D eigenvalue weighted by molar-refractivity contribution is 5.89. The summed E-state index contributed by atoms with van der Waals surface area (Å²) in [5.74, 6) is 0.270. The molecule has 0 aliphatic heterocycles. The van der Waals surface area contributed by atoms with E-state index in [0.29, 0.717) is 17.8 Å². The Labute approximate surface area is 107 Å². The van der Waals surface area contributed by atoms with E-state index in [1.165, 1.54) is 0 Å². The average Bonchev–Trinajstić information content (AvgIpc) is 2.35. The predicted octanol–water partition coefficient (Wildman–Crippen LogP) is 1.66. The molecule has 0 spiro atoms. The van der Waals surface area contributed by atoms with Gasteiger partial charge in [-0.1, -0.05) is 19.9 Å². The van der Waals surface area contributed by atoms with Gasteiger partial charge in [0.05, 0.1) is 11.6 Å². The number of nitriles is 1. The SMILES string of the molecule is CC(C)C(CN)NC(=O)Nc1cccc(C#N)c1. The number of nitrogens with one attached hydrogen (secondary N) is 2. The molecule has 0 heterocycles. The Morgan fingerprint density at radius 3 is 2.78 bits per heavy atom. The average molecular weight is 246 g/mol. The van der Waals surface area contributed by atoms with Gasteiger partial charge in [0.1, 0.15) is 0 Å². The van der Waals surface area contributed by atoms with Crippen molar-refractivity contribution in [1.29, 1.82) is 5.26 Å². The Morgan fingerprint density at radius 1 is 1.50 bits per heavy atom. The lowest BCUT2D eigenvalue weighted by molar-refractivity contribution is 0.245. The van der Waals surface area contributed by atoms with Crippen molar-refractivity contribution in [2.75, 3.05) is 11.9 Å². The number of anilines is 1. The van der Waals surface area contributed by atoms with Crippen LogP contribution in [0.5, 0.6) is 0 Å². The van der Waals surface area contributed by atoms with Gasteiger partial charge in [-0.05, 0) is 24.1 Å². The number of carbonyl (C=O) groups is 1. The Kier molecular flexibility index (Phi) is 5.15. The zero-order chi connectivity index (χ0) is 13.5. The van der Waals surface area contributed by atoms with Crippen LogP contribution in [0, 0.1) is 17.2 Å². The maximum absolute atomic E-state index is 11.7. The molecule has 0 radical (unpaired) electrons. The molecule has 0 bridgehead atoms. The molecule has 1 unspecified atom stereocenters. The Balaban J connectivity index is 2.62. The Morgan fingerprint density at radius 2 is 2.22 bits per heavy atom. The van der Waals surface area contributed by atoms with Gasteiger partial charge in [0.2, 0.25) is 0 Å². The number of nitrogens with two attached hydrogens (primary N) is 1. The largest absolute Gasteiger partial charge is 0.334 e. The van der Waals surface area contributed by atoms with Crippen molar-refractivity contribution in [1.82, 2.24) is 5.32 Å². The molecule has 0 aliphatic rings. The van der Waals surface area contributed by atoms with Gasteiger partial charge < -0.3 is 16.4 Å². The summed E-state index contributed by atoms with van der Waals surface area (Å²) < 4.78 is 0. The minimum atomic E-state index is -0.311. The minimum Gasteiger partial charge on any atom is -0.334 e. The van der Waals surface area contributed by atoms with Crippen LogP contribution >= 0.6 is 0 Å². The summed E-state index contributed by atoms with van der Waals surface area (Å²) in [5, 5.41) is 14.2. The molecule has 0 aliphatic carbocycles. The van der Waals surface area contributed by atoms with Crippen LogP contribution in [-0.4, -0.2) is 18.6 Å². The van der Waals surface area contributed by atoms with Gasteiger partial charge in [-0.3, -0.25) is 0 Å². The predicted molar refractivity (Wildman–Crippen MR) is 71.0 cm³/mol. The summed E-state index contributed by atoms with van der Waals surface area (Å²) >= 11 is 0. The fourth-order valence-corrected chi connectivity index (χ4v) is 1.50. The fourth-order valence-electron chi connectivity index (χ4n) is 1.50. The highest BCUT2D eigenvalue weighted by atomic mass is 16.2. The second-order valence-corrected chi connectivity index (χ2v) is 4.38. The molecule has 18 heavy (non-hydrogen) atoms. The highest BCUT2D eigenvalue weighted by Crippen LogP contribution is 2.09. The molecule has 5 nitrogen and oxygen atoms in total. The second kappa shape index (κ2) is 6.62. The lowest BCUT2D eigenvalue weighted by Gasteiger charge is -2.20. The Bertz CT molecular complexity index is 451. The molecule has 0 fully saturated rings. The number of hydrogen-bond donors (Lipinski definition) is 3. The smallest absolute Gasteiger partial charge is 0.319 e. The lowest BCUT2D eigenvalue weighted by Crippen LogP contribution is -2.45. The highest BCUT2D eigenvalue weighted by Gasteiger charge is 2.14. The van der Waals surface area contributed by atoms with Crippen LogP contribution < -0.4 is 16.4 Å².